The largest absolute Gasteiger partial charge is 0.481 e. The molecule has 1 rings (SSSR count). The van der Waals surface area contributed by atoms with Gasteiger partial charge in [0.2, 0.25) is 0 Å². The summed E-state index contributed by atoms with van der Waals surface area (Å²) in [5, 5.41) is 9.10. The van der Waals surface area contributed by atoms with Crippen LogP contribution in [0.1, 0.15) is 38.8 Å². The number of rotatable bonds is 7. The van der Waals surface area contributed by atoms with Crippen LogP contribution in [0.5, 0.6) is 5.75 Å². The number of carbonyl (C=O) groups is 1. The molecule has 0 spiro atoms. The molecule has 23 heavy (non-hydrogen) atoms. The third-order valence-corrected chi connectivity index (χ3v) is 4.70. The van der Waals surface area contributed by atoms with Crippen molar-refractivity contribution in [2.24, 2.45) is 0 Å². The van der Waals surface area contributed by atoms with Gasteiger partial charge in [-0.25, -0.2) is 8.93 Å². The van der Waals surface area contributed by atoms with Crippen LogP contribution in [0.3, 0.4) is 0 Å². The van der Waals surface area contributed by atoms with E-state index in [0.717, 1.165) is 0 Å². The predicted octanol–water partition coefficient (Wildman–Crippen LogP) is 3.51. The smallest absolute Gasteiger partial charge is 0.387 e. The standard InChI is InChI=1S/C14H18ClF2NO4S/c1-14(2,3)23(21)18-9(7-11(19)20)12-8(15)5-4-6-10(12)22-13(16)17/h4-6,9,13,18H,7H2,1-3H3,(H,19,20)/t9-,23+/m1/s1. The van der Waals surface area contributed by atoms with E-state index in [4.69, 9.17) is 16.7 Å². The summed E-state index contributed by atoms with van der Waals surface area (Å²) in [4.78, 5) is 11.1. The molecule has 0 fully saturated rings. The Hall–Kier alpha value is -1.25. The van der Waals surface area contributed by atoms with Crippen molar-refractivity contribution in [1.29, 1.82) is 0 Å². The second kappa shape index (κ2) is 8.03. The van der Waals surface area contributed by atoms with Crippen LogP contribution in [-0.4, -0.2) is 26.6 Å². The number of benzene rings is 1. The van der Waals surface area contributed by atoms with Crippen LogP contribution in [0.2, 0.25) is 5.02 Å². The first-order valence-corrected chi connectivity index (χ1v) is 8.18. The van der Waals surface area contributed by atoms with Crippen molar-refractivity contribution < 1.29 is 27.6 Å². The minimum atomic E-state index is -3.09. The molecular formula is C14H18ClF2NO4S. The average Bonchev–Trinajstić information content (AvgIpc) is 2.35. The summed E-state index contributed by atoms with van der Waals surface area (Å²) in [6.45, 7) is 1.98. The van der Waals surface area contributed by atoms with Gasteiger partial charge in [-0.05, 0) is 32.9 Å². The van der Waals surface area contributed by atoms with Crippen molar-refractivity contribution in [2.75, 3.05) is 0 Å². The molecule has 0 saturated carbocycles. The normalized spacial score (nSPS) is 14.6. The van der Waals surface area contributed by atoms with Crippen LogP contribution >= 0.6 is 11.6 Å². The van der Waals surface area contributed by atoms with Crippen LogP contribution < -0.4 is 9.46 Å². The molecule has 0 saturated heterocycles. The number of carboxylic acid groups (broad SMARTS) is 1. The average molecular weight is 370 g/mol. The van der Waals surface area contributed by atoms with E-state index in [9.17, 15) is 17.8 Å². The van der Waals surface area contributed by atoms with Crippen LogP contribution in [0.25, 0.3) is 0 Å². The Morgan fingerprint density at radius 2 is 2.04 bits per heavy atom. The molecule has 0 aliphatic heterocycles. The van der Waals surface area contributed by atoms with E-state index in [0.29, 0.717) is 0 Å². The number of carboxylic acids is 1. The van der Waals surface area contributed by atoms with Gasteiger partial charge in [-0.3, -0.25) is 4.79 Å². The second-order valence-electron chi connectivity index (χ2n) is 5.68. The lowest BCUT2D eigenvalue weighted by Gasteiger charge is -2.25. The zero-order chi connectivity index (χ0) is 17.8. The van der Waals surface area contributed by atoms with E-state index in [1.807, 2.05) is 0 Å². The summed E-state index contributed by atoms with van der Waals surface area (Å²) in [5.41, 5.74) is 0.0365. The van der Waals surface area contributed by atoms with Gasteiger partial charge in [0, 0.05) is 10.6 Å². The minimum Gasteiger partial charge on any atom is -0.481 e. The summed E-state index contributed by atoms with van der Waals surface area (Å²) in [6, 6.07) is 3.03. The third kappa shape index (κ3) is 6.04. The maximum absolute atomic E-state index is 12.5. The SMILES string of the molecule is CC(C)(C)[S@](=O)N[C@H](CC(=O)O)c1c(Cl)cccc1OC(F)F. The highest BCUT2D eigenvalue weighted by atomic mass is 35.5. The van der Waals surface area contributed by atoms with E-state index >= 15 is 0 Å². The van der Waals surface area contributed by atoms with Crippen molar-refractivity contribution in [2.45, 2.75) is 44.6 Å². The molecule has 0 aliphatic rings. The first kappa shape index (κ1) is 19.8. The van der Waals surface area contributed by atoms with Gasteiger partial charge in [0.05, 0.1) is 28.2 Å². The molecule has 130 valence electrons. The van der Waals surface area contributed by atoms with Gasteiger partial charge >= 0.3 is 12.6 Å². The van der Waals surface area contributed by atoms with Gasteiger partial charge < -0.3 is 9.84 Å². The Morgan fingerprint density at radius 1 is 1.43 bits per heavy atom. The molecule has 0 aliphatic carbocycles. The maximum atomic E-state index is 12.5. The molecule has 0 radical (unpaired) electrons. The Labute approximate surface area is 140 Å². The molecule has 5 nitrogen and oxygen atoms in total. The summed E-state index contributed by atoms with van der Waals surface area (Å²) in [7, 11) is -1.63. The molecule has 2 atom stereocenters. The van der Waals surface area contributed by atoms with Gasteiger partial charge in [0.15, 0.2) is 0 Å². The fourth-order valence-electron chi connectivity index (χ4n) is 1.74. The van der Waals surface area contributed by atoms with E-state index in [-0.39, 0.29) is 16.3 Å². The number of hydrogen-bond donors (Lipinski definition) is 2. The van der Waals surface area contributed by atoms with Crippen molar-refractivity contribution >= 4 is 28.6 Å². The van der Waals surface area contributed by atoms with E-state index < -0.39 is 40.8 Å². The van der Waals surface area contributed by atoms with Crippen molar-refractivity contribution in [3.05, 3.63) is 28.8 Å². The summed E-state index contributed by atoms with van der Waals surface area (Å²) < 4.78 is 43.7. The van der Waals surface area contributed by atoms with Gasteiger partial charge in [0.1, 0.15) is 5.75 Å². The first-order valence-electron chi connectivity index (χ1n) is 6.65. The molecule has 1 aromatic carbocycles. The number of hydrogen-bond acceptors (Lipinski definition) is 3. The molecule has 0 unspecified atom stereocenters. The molecule has 2 N–H and O–H groups in total. The fraction of sp³-hybridized carbons (Fsp3) is 0.500. The summed E-state index contributed by atoms with van der Waals surface area (Å²) in [5.74, 6) is -1.45. The zero-order valence-electron chi connectivity index (χ0n) is 12.8. The van der Waals surface area contributed by atoms with Gasteiger partial charge in [-0.2, -0.15) is 8.78 Å². The van der Waals surface area contributed by atoms with Gasteiger partial charge in [-0.1, -0.05) is 17.7 Å². The predicted molar refractivity (Wildman–Crippen MR) is 84.1 cm³/mol. The van der Waals surface area contributed by atoms with Crippen molar-refractivity contribution in [1.82, 2.24) is 4.72 Å². The Bertz CT molecular complexity index is 593. The van der Waals surface area contributed by atoms with E-state index in [1.54, 1.807) is 20.8 Å². The first-order chi connectivity index (χ1) is 10.5. The van der Waals surface area contributed by atoms with Crippen molar-refractivity contribution in [3.8, 4) is 5.75 Å². The summed E-state index contributed by atoms with van der Waals surface area (Å²) in [6.07, 6.45) is -0.495. The highest BCUT2D eigenvalue weighted by molar-refractivity contribution is 7.84. The number of alkyl halides is 2. The topological polar surface area (TPSA) is 75.6 Å². The molecule has 0 amide bonds. The number of nitrogens with one attached hydrogen (secondary N) is 1. The number of halogens is 3. The van der Waals surface area contributed by atoms with Crippen LogP contribution in [-0.2, 0) is 15.8 Å². The van der Waals surface area contributed by atoms with Gasteiger partial charge in [-0.15, -0.1) is 0 Å². The highest BCUT2D eigenvalue weighted by Crippen LogP contribution is 2.35. The van der Waals surface area contributed by atoms with E-state index in [1.165, 1.54) is 18.2 Å². The lowest BCUT2D eigenvalue weighted by Crippen LogP contribution is -2.36. The lowest BCUT2D eigenvalue weighted by atomic mass is 10.0. The molecule has 0 heterocycles. The molecular weight excluding hydrogens is 352 g/mol. The quantitative estimate of drug-likeness (QED) is 0.771. The van der Waals surface area contributed by atoms with Crippen LogP contribution in [0, 0.1) is 0 Å². The molecule has 9 heteroatoms. The minimum absolute atomic E-state index is 0.0365. The second-order valence-corrected chi connectivity index (χ2v) is 8.08. The Kier molecular flexibility index (Phi) is 6.91. The number of ether oxygens (including phenoxy) is 1. The van der Waals surface area contributed by atoms with Crippen LogP contribution in [0.15, 0.2) is 18.2 Å². The monoisotopic (exact) mass is 369 g/mol. The molecule has 1 aromatic rings. The fourth-order valence-corrected chi connectivity index (χ4v) is 2.85. The molecule has 0 bridgehead atoms. The van der Waals surface area contributed by atoms with Crippen LogP contribution in [0.4, 0.5) is 8.78 Å². The number of aliphatic carboxylic acids is 1. The van der Waals surface area contributed by atoms with E-state index in [2.05, 4.69) is 9.46 Å². The third-order valence-electron chi connectivity index (χ3n) is 2.76. The Balaban J connectivity index is 3.26. The zero-order valence-corrected chi connectivity index (χ0v) is 14.4. The van der Waals surface area contributed by atoms with Gasteiger partial charge in [0.25, 0.3) is 0 Å². The molecule has 0 aromatic heterocycles. The Morgan fingerprint density at radius 3 is 2.52 bits per heavy atom. The highest BCUT2D eigenvalue weighted by Gasteiger charge is 2.29. The lowest BCUT2D eigenvalue weighted by molar-refractivity contribution is -0.137. The maximum Gasteiger partial charge on any atom is 0.387 e. The van der Waals surface area contributed by atoms with Crippen molar-refractivity contribution in [3.63, 3.8) is 0 Å². The summed E-state index contributed by atoms with van der Waals surface area (Å²) >= 11 is 6.03.